The van der Waals surface area contributed by atoms with E-state index in [9.17, 15) is 14.4 Å². The van der Waals surface area contributed by atoms with E-state index in [1.165, 1.54) is 12.7 Å². The molecule has 2 amide bonds. The Balaban J connectivity index is 1.42. The van der Waals surface area contributed by atoms with Crippen LogP contribution in [0.5, 0.6) is 0 Å². The Morgan fingerprint density at radius 1 is 0.947 bits per heavy atom. The van der Waals surface area contributed by atoms with Gasteiger partial charge in [0.25, 0.3) is 0 Å². The number of methoxy groups -OCH3 is 1. The molecule has 1 aromatic carbocycles. The first-order valence-corrected chi connectivity index (χ1v) is 14.5. The van der Waals surface area contributed by atoms with E-state index in [1.807, 2.05) is 20.8 Å². The summed E-state index contributed by atoms with van der Waals surface area (Å²) in [5.41, 5.74) is 0.385. The molecular weight excluding hydrogens is 480 g/mol. The zero-order chi connectivity index (χ0) is 27.4. The summed E-state index contributed by atoms with van der Waals surface area (Å²) in [5.74, 6) is 0.316. The highest BCUT2D eigenvalue weighted by Gasteiger charge is 2.55. The third kappa shape index (κ3) is 6.89. The molecule has 3 unspecified atom stereocenters. The number of carbonyl (C=O) groups is 3. The van der Waals surface area contributed by atoms with Gasteiger partial charge in [0.1, 0.15) is 5.60 Å². The van der Waals surface area contributed by atoms with Crippen LogP contribution >= 0.6 is 0 Å². The lowest BCUT2D eigenvalue weighted by Crippen LogP contribution is -2.55. The molecule has 3 aliphatic carbocycles. The van der Waals surface area contributed by atoms with E-state index in [-0.39, 0.29) is 35.5 Å². The number of carbonyl (C=O) groups excluding carboxylic acids is 3. The van der Waals surface area contributed by atoms with Crippen molar-refractivity contribution in [3.63, 3.8) is 0 Å². The predicted octanol–water partition coefficient (Wildman–Crippen LogP) is 5.80. The van der Waals surface area contributed by atoms with Gasteiger partial charge in [-0.25, -0.2) is 4.79 Å². The molecule has 2 N–H and O–H groups in total. The highest BCUT2D eigenvalue weighted by Crippen LogP contribution is 2.59. The molecule has 1 aromatic rings. The SMILES string of the molecule is COC(=O)CCC1CC2(C(=O)N[C@H]3CC[C@H](NC(=O)OC(C)(C)C)CC3)CCCC(c3ccccc3)(C1)C2. The molecule has 7 heteroatoms. The summed E-state index contributed by atoms with van der Waals surface area (Å²) in [6, 6.07) is 10.9. The summed E-state index contributed by atoms with van der Waals surface area (Å²) in [7, 11) is 1.44. The summed E-state index contributed by atoms with van der Waals surface area (Å²) in [4.78, 5) is 38.2. The third-order valence-corrected chi connectivity index (χ3v) is 8.98. The molecule has 0 spiro atoms. The maximum atomic E-state index is 14.0. The van der Waals surface area contributed by atoms with E-state index < -0.39 is 11.0 Å². The summed E-state index contributed by atoms with van der Waals surface area (Å²) >= 11 is 0. The topological polar surface area (TPSA) is 93.7 Å². The summed E-state index contributed by atoms with van der Waals surface area (Å²) < 4.78 is 10.3. The monoisotopic (exact) mass is 526 g/mol. The molecule has 38 heavy (non-hydrogen) atoms. The van der Waals surface area contributed by atoms with Gasteiger partial charge in [-0.15, -0.1) is 0 Å². The molecule has 3 saturated carbocycles. The van der Waals surface area contributed by atoms with Crippen molar-refractivity contribution in [2.75, 3.05) is 7.11 Å². The van der Waals surface area contributed by atoms with Gasteiger partial charge in [-0.3, -0.25) is 9.59 Å². The van der Waals surface area contributed by atoms with Crippen molar-refractivity contribution in [3.8, 4) is 0 Å². The van der Waals surface area contributed by atoms with Crippen molar-refractivity contribution in [1.82, 2.24) is 10.6 Å². The van der Waals surface area contributed by atoms with Gasteiger partial charge in [-0.05, 0) is 102 Å². The summed E-state index contributed by atoms with van der Waals surface area (Å²) in [5, 5.41) is 6.43. The maximum absolute atomic E-state index is 14.0. The molecule has 210 valence electrons. The standard InChI is InChI=1S/C31H46N2O5/c1-29(2,3)38-28(36)33-25-14-12-24(13-15-25)32-27(35)31-18-8-17-30(21-31,23-9-6-5-7-10-23)19-22(20-31)11-16-26(34)37-4/h5-7,9-10,22,24-25H,8,11-21H2,1-4H3,(H,32,35)(H,33,36)/t22?,24-,25-,30?,31?. The Morgan fingerprint density at radius 3 is 2.24 bits per heavy atom. The molecule has 0 aromatic heterocycles. The molecule has 0 heterocycles. The lowest BCUT2D eigenvalue weighted by Gasteiger charge is -2.55. The molecular formula is C31H46N2O5. The first-order valence-electron chi connectivity index (χ1n) is 14.5. The van der Waals surface area contributed by atoms with Crippen LogP contribution in [0, 0.1) is 11.3 Å². The second-order valence-electron chi connectivity index (χ2n) is 13.0. The number of fused-ring (bicyclic) bond motifs is 2. The Bertz CT molecular complexity index is 982. The zero-order valence-electron chi connectivity index (χ0n) is 23.6. The van der Waals surface area contributed by atoms with Crippen molar-refractivity contribution in [3.05, 3.63) is 35.9 Å². The first kappa shape index (κ1) is 28.4. The Labute approximate surface area is 227 Å². The fourth-order valence-electron chi connectivity index (χ4n) is 7.38. The van der Waals surface area contributed by atoms with Gasteiger partial charge < -0.3 is 20.1 Å². The Morgan fingerprint density at radius 2 is 1.61 bits per heavy atom. The molecule has 3 atom stereocenters. The molecule has 2 bridgehead atoms. The molecule has 7 nitrogen and oxygen atoms in total. The van der Waals surface area contributed by atoms with E-state index in [4.69, 9.17) is 9.47 Å². The van der Waals surface area contributed by atoms with Crippen LogP contribution in [0.25, 0.3) is 0 Å². The van der Waals surface area contributed by atoms with Crippen LogP contribution in [0.1, 0.15) is 103 Å². The number of benzene rings is 1. The van der Waals surface area contributed by atoms with E-state index in [2.05, 4.69) is 41.0 Å². The van der Waals surface area contributed by atoms with Crippen LogP contribution in [-0.4, -0.2) is 42.8 Å². The van der Waals surface area contributed by atoms with Crippen molar-refractivity contribution >= 4 is 18.0 Å². The van der Waals surface area contributed by atoms with Gasteiger partial charge >= 0.3 is 12.1 Å². The molecule has 0 radical (unpaired) electrons. The van der Waals surface area contributed by atoms with Crippen LogP contribution in [0.3, 0.4) is 0 Å². The van der Waals surface area contributed by atoms with Crippen LogP contribution in [0.4, 0.5) is 4.79 Å². The normalized spacial score (nSPS) is 31.1. The predicted molar refractivity (Wildman–Crippen MR) is 147 cm³/mol. The van der Waals surface area contributed by atoms with Gasteiger partial charge in [-0.2, -0.15) is 0 Å². The lowest BCUT2D eigenvalue weighted by atomic mass is 9.49. The number of rotatable bonds is 7. The first-order chi connectivity index (χ1) is 18.0. The average molecular weight is 527 g/mol. The highest BCUT2D eigenvalue weighted by atomic mass is 16.6. The lowest BCUT2D eigenvalue weighted by molar-refractivity contribution is -0.142. The second kappa shape index (κ2) is 11.7. The number of esters is 1. The van der Waals surface area contributed by atoms with Crippen molar-refractivity contribution in [2.45, 2.75) is 121 Å². The van der Waals surface area contributed by atoms with Crippen LogP contribution < -0.4 is 10.6 Å². The second-order valence-corrected chi connectivity index (χ2v) is 13.0. The average Bonchev–Trinajstić information content (AvgIpc) is 2.87. The molecule has 0 aliphatic heterocycles. The van der Waals surface area contributed by atoms with Crippen LogP contribution in [0.2, 0.25) is 0 Å². The number of hydrogen-bond donors (Lipinski definition) is 2. The number of ether oxygens (including phenoxy) is 2. The largest absolute Gasteiger partial charge is 0.469 e. The third-order valence-electron chi connectivity index (χ3n) is 8.98. The van der Waals surface area contributed by atoms with Crippen molar-refractivity contribution in [1.29, 1.82) is 0 Å². The summed E-state index contributed by atoms with van der Waals surface area (Å²) in [6.45, 7) is 5.59. The fourth-order valence-corrected chi connectivity index (χ4v) is 7.38. The van der Waals surface area contributed by atoms with E-state index in [0.29, 0.717) is 12.3 Å². The minimum atomic E-state index is -0.516. The highest BCUT2D eigenvalue weighted by molar-refractivity contribution is 5.83. The van der Waals surface area contributed by atoms with Gasteiger partial charge in [0.2, 0.25) is 5.91 Å². The van der Waals surface area contributed by atoms with Crippen LogP contribution in [-0.2, 0) is 24.5 Å². The van der Waals surface area contributed by atoms with Gasteiger partial charge in [0, 0.05) is 18.5 Å². The van der Waals surface area contributed by atoms with Gasteiger partial charge in [0.05, 0.1) is 12.5 Å². The number of nitrogens with one attached hydrogen (secondary N) is 2. The van der Waals surface area contributed by atoms with E-state index in [0.717, 1.165) is 70.6 Å². The number of alkyl carbamates (subject to hydrolysis) is 1. The number of amides is 2. The molecule has 3 aliphatic rings. The van der Waals surface area contributed by atoms with Crippen molar-refractivity contribution < 1.29 is 23.9 Å². The Hall–Kier alpha value is -2.57. The Kier molecular flexibility index (Phi) is 8.73. The smallest absolute Gasteiger partial charge is 0.407 e. The quantitative estimate of drug-likeness (QED) is 0.438. The van der Waals surface area contributed by atoms with Gasteiger partial charge in [-0.1, -0.05) is 36.8 Å². The summed E-state index contributed by atoms with van der Waals surface area (Å²) in [6.07, 6.45) is 9.89. The van der Waals surface area contributed by atoms with Crippen LogP contribution in [0.15, 0.2) is 30.3 Å². The van der Waals surface area contributed by atoms with E-state index >= 15 is 0 Å². The van der Waals surface area contributed by atoms with Gasteiger partial charge in [0.15, 0.2) is 0 Å². The molecule has 4 rings (SSSR count). The molecule has 0 saturated heterocycles. The minimum absolute atomic E-state index is 0.0229. The molecule has 3 fully saturated rings. The van der Waals surface area contributed by atoms with E-state index in [1.54, 1.807) is 0 Å². The fraction of sp³-hybridized carbons (Fsp3) is 0.710. The zero-order valence-corrected chi connectivity index (χ0v) is 23.6. The number of hydrogen-bond acceptors (Lipinski definition) is 5. The van der Waals surface area contributed by atoms with Crippen molar-refractivity contribution in [2.24, 2.45) is 11.3 Å². The minimum Gasteiger partial charge on any atom is -0.469 e. The maximum Gasteiger partial charge on any atom is 0.407 e.